The first-order valence-corrected chi connectivity index (χ1v) is 9.27. The maximum absolute atomic E-state index is 12.2. The quantitative estimate of drug-likeness (QED) is 0.781. The highest BCUT2D eigenvalue weighted by Gasteiger charge is 2.14. The molecule has 130 valence electrons. The highest BCUT2D eigenvalue weighted by Crippen LogP contribution is 2.19. The smallest absolute Gasteiger partial charge is 0.251 e. The molecule has 1 amide bonds. The Labute approximate surface area is 144 Å². The fourth-order valence-electron chi connectivity index (χ4n) is 3.47. The molecule has 0 bridgehead atoms. The lowest BCUT2D eigenvalue weighted by Gasteiger charge is -2.23. The molecule has 3 rings (SSSR count). The van der Waals surface area contributed by atoms with E-state index in [0.717, 1.165) is 51.4 Å². The molecule has 0 spiro atoms. The maximum atomic E-state index is 12.2. The molecule has 1 aromatic rings. The molecule has 2 aliphatic rings. The van der Waals surface area contributed by atoms with Crippen molar-refractivity contribution in [1.82, 2.24) is 5.32 Å². The normalized spacial score (nSPS) is 18.9. The van der Waals surface area contributed by atoms with E-state index in [1.54, 1.807) is 4.90 Å². The van der Waals surface area contributed by atoms with Gasteiger partial charge in [0.1, 0.15) is 19.6 Å². The molecule has 4 nitrogen and oxygen atoms in total. The van der Waals surface area contributed by atoms with E-state index in [0.29, 0.717) is 0 Å². The van der Waals surface area contributed by atoms with Crippen LogP contribution in [0, 0.1) is 0 Å². The van der Waals surface area contributed by atoms with E-state index < -0.39 is 0 Å². The third-order valence-electron chi connectivity index (χ3n) is 4.99. The average Bonchev–Trinajstić information content (AvgIpc) is 2.64. The Bertz CT molecular complexity index is 560. The van der Waals surface area contributed by atoms with Gasteiger partial charge < -0.3 is 15.0 Å². The van der Waals surface area contributed by atoms with Crippen LogP contribution in [0.15, 0.2) is 35.9 Å². The van der Waals surface area contributed by atoms with Gasteiger partial charge in [0.25, 0.3) is 5.91 Å². The first-order chi connectivity index (χ1) is 11.8. The van der Waals surface area contributed by atoms with Crippen molar-refractivity contribution < 1.29 is 14.4 Å². The van der Waals surface area contributed by atoms with Gasteiger partial charge in [0, 0.05) is 17.7 Å². The van der Waals surface area contributed by atoms with E-state index in [-0.39, 0.29) is 5.91 Å². The Balaban J connectivity index is 1.43. The number of ether oxygens (including phenoxy) is 1. The molecule has 0 aromatic heterocycles. The fourth-order valence-corrected chi connectivity index (χ4v) is 3.47. The van der Waals surface area contributed by atoms with Gasteiger partial charge in [-0.15, -0.1) is 0 Å². The average molecular weight is 329 g/mol. The number of hydrogen-bond acceptors (Lipinski definition) is 2. The number of nitrogens with one attached hydrogen (secondary N) is 2. The number of rotatable bonds is 6. The second-order valence-electron chi connectivity index (χ2n) is 6.85. The van der Waals surface area contributed by atoms with Gasteiger partial charge in [0.2, 0.25) is 0 Å². The van der Waals surface area contributed by atoms with Gasteiger partial charge in [-0.3, -0.25) is 4.79 Å². The Morgan fingerprint density at radius 1 is 1.12 bits per heavy atom. The second-order valence-corrected chi connectivity index (χ2v) is 6.85. The molecule has 0 unspecified atom stereocenters. The van der Waals surface area contributed by atoms with Crippen LogP contribution in [0.3, 0.4) is 0 Å². The standard InChI is InChI=1S/C20H28N2O2/c23-20(21-11-10-17-4-2-1-3-5-17)19-8-6-18(7-9-19)16-22-12-14-24-15-13-22/h4,6-9H,1-3,5,10-16H2,(H,21,23)/p+1. The van der Waals surface area contributed by atoms with Crippen LogP contribution >= 0.6 is 0 Å². The summed E-state index contributed by atoms with van der Waals surface area (Å²) in [5.41, 5.74) is 3.55. The van der Waals surface area contributed by atoms with Crippen LogP contribution in [0.1, 0.15) is 48.0 Å². The molecule has 1 fully saturated rings. The zero-order valence-corrected chi connectivity index (χ0v) is 14.5. The van der Waals surface area contributed by atoms with Crippen molar-refractivity contribution >= 4 is 5.91 Å². The molecular formula is C20H29N2O2+. The molecule has 0 atom stereocenters. The van der Waals surface area contributed by atoms with Crippen molar-refractivity contribution in [1.29, 1.82) is 0 Å². The predicted molar refractivity (Wildman–Crippen MR) is 95.2 cm³/mol. The van der Waals surface area contributed by atoms with Crippen molar-refractivity contribution in [3.63, 3.8) is 0 Å². The summed E-state index contributed by atoms with van der Waals surface area (Å²) < 4.78 is 5.39. The van der Waals surface area contributed by atoms with E-state index in [2.05, 4.69) is 23.5 Å². The molecule has 4 heteroatoms. The first kappa shape index (κ1) is 17.2. The largest absolute Gasteiger partial charge is 0.370 e. The summed E-state index contributed by atoms with van der Waals surface area (Å²) >= 11 is 0. The maximum Gasteiger partial charge on any atom is 0.251 e. The molecule has 0 saturated carbocycles. The van der Waals surface area contributed by atoms with Crippen LogP contribution < -0.4 is 10.2 Å². The number of benzene rings is 1. The summed E-state index contributed by atoms with van der Waals surface area (Å²) in [5, 5.41) is 3.05. The van der Waals surface area contributed by atoms with Crippen molar-refractivity contribution in [2.45, 2.75) is 38.6 Å². The zero-order valence-electron chi connectivity index (χ0n) is 14.5. The van der Waals surface area contributed by atoms with Gasteiger partial charge in [-0.25, -0.2) is 0 Å². The van der Waals surface area contributed by atoms with Crippen molar-refractivity contribution in [3.05, 3.63) is 47.0 Å². The lowest BCUT2D eigenvalue weighted by molar-refractivity contribution is -0.921. The van der Waals surface area contributed by atoms with Crippen LogP contribution in [0.4, 0.5) is 0 Å². The van der Waals surface area contributed by atoms with Gasteiger partial charge in [-0.05, 0) is 44.2 Å². The Morgan fingerprint density at radius 2 is 1.92 bits per heavy atom. The molecule has 1 heterocycles. The molecular weight excluding hydrogens is 300 g/mol. The van der Waals surface area contributed by atoms with Crippen LogP contribution in [0.25, 0.3) is 0 Å². The van der Waals surface area contributed by atoms with E-state index in [1.807, 2.05) is 12.1 Å². The van der Waals surface area contributed by atoms with E-state index in [4.69, 9.17) is 4.74 Å². The molecule has 0 radical (unpaired) electrons. The minimum absolute atomic E-state index is 0.0386. The molecule has 2 N–H and O–H groups in total. The Kier molecular flexibility index (Phi) is 6.44. The third kappa shape index (κ3) is 5.18. The molecule has 1 aromatic carbocycles. The lowest BCUT2D eigenvalue weighted by atomic mass is 9.97. The SMILES string of the molecule is O=C(NCCC1=CCCCC1)c1ccc(C[NH+]2CCOCC2)cc1. The Hall–Kier alpha value is -1.65. The monoisotopic (exact) mass is 329 g/mol. The van der Waals surface area contributed by atoms with Crippen LogP contribution in [0.2, 0.25) is 0 Å². The summed E-state index contributed by atoms with van der Waals surface area (Å²) in [6.45, 7) is 5.60. The van der Waals surface area contributed by atoms with Gasteiger partial charge in [-0.2, -0.15) is 0 Å². The lowest BCUT2D eigenvalue weighted by Crippen LogP contribution is -3.12. The number of quaternary nitrogens is 1. The van der Waals surface area contributed by atoms with Gasteiger partial charge in [0.05, 0.1) is 13.2 Å². The van der Waals surface area contributed by atoms with E-state index in [9.17, 15) is 4.79 Å². The molecule has 1 saturated heterocycles. The number of carbonyl (C=O) groups excluding carboxylic acids is 1. The number of amides is 1. The minimum atomic E-state index is 0.0386. The van der Waals surface area contributed by atoms with Gasteiger partial charge in [-0.1, -0.05) is 23.8 Å². The highest BCUT2D eigenvalue weighted by molar-refractivity contribution is 5.94. The molecule has 24 heavy (non-hydrogen) atoms. The second kappa shape index (κ2) is 9.00. The number of morpholine rings is 1. The van der Waals surface area contributed by atoms with Crippen molar-refractivity contribution in [2.75, 3.05) is 32.8 Å². The predicted octanol–water partition coefficient (Wildman–Crippen LogP) is 1.72. The summed E-state index contributed by atoms with van der Waals surface area (Å²) in [4.78, 5) is 13.8. The first-order valence-electron chi connectivity index (χ1n) is 9.27. The summed E-state index contributed by atoms with van der Waals surface area (Å²) in [6.07, 6.45) is 8.35. The fraction of sp³-hybridized carbons (Fsp3) is 0.550. The summed E-state index contributed by atoms with van der Waals surface area (Å²) in [5.74, 6) is 0.0386. The number of carbonyl (C=O) groups is 1. The summed E-state index contributed by atoms with van der Waals surface area (Å²) in [6, 6.07) is 8.07. The summed E-state index contributed by atoms with van der Waals surface area (Å²) in [7, 11) is 0. The Morgan fingerprint density at radius 3 is 2.62 bits per heavy atom. The van der Waals surface area contributed by atoms with Gasteiger partial charge in [0.15, 0.2) is 0 Å². The van der Waals surface area contributed by atoms with Crippen LogP contribution in [0.5, 0.6) is 0 Å². The van der Waals surface area contributed by atoms with E-state index >= 15 is 0 Å². The zero-order chi connectivity index (χ0) is 16.6. The minimum Gasteiger partial charge on any atom is -0.370 e. The topological polar surface area (TPSA) is 42.8 Å². The van der Waals surface area contributed by atoms with Crippen LogP contribution in [-0.2, 0) is 11.3 Å². The highest BCUT2D eigenvalue weighted by atomic mass is 16.5. The van der Waals surface area contributed by atoms with Crippen molar-refractivity contribution in [3.8, 4) is 0 Å². The molecule has 1 aliphatic carbocycles. The van der Waals surface area contributed by atoms with Crippen LogP contribution in [-0.4, -0.2) is 38.8 Å². The van der Waals surface area contributed by atoms with E-state index in [1.165, 1.54) is 36.8 Å². The molecule has 1 aliphatic heterocycles. The van der Waals surface area contributed by atoms with Gasteiger partial charge >= 0.3 is 0 Å². The number of hydrogen-bond donors (Lipinski definition) is 2. The van der Waals surface area contributed by atoms with Crippen molar-refractivity contribution in [2.24, 2.45) is 0 Å². The number of allylic oxidation sites excluding steroid dienone is 1. The third-order valence-corrected chi connectivity index (χ3v) is 4.99.